The average molecular weight is 267 g/mol. The number of carbonyl (C=O) groups excluding carboxylic acids is 1. The van der Waals surface area contributed by atoms with Gasteiger partial charge in [0.1, 0.15) is 5.60 Å². The molecule has 0 unspecified atom stereocenters. The quantitative estimate of drug-likeness (QED) is 0.734. The van der Waals surface area contributed by atoms with Gasteiger partial charge < -0.3 is 9.64 Å². The smallest absolute Gasteiger partial charge is 0.307 e. The lowest BCUT2D eigenvalue weighted by molar-refractivity contribution is -0.155. The van der Waals surface area contributed by atoms with E-state index in [0.717, 1.165) is 6.54 Å². The molecule has 0 bridgehead atoms. The number of rotatable bonds is 3. The lowest BCUT2D eigenvalue weighted by atomic mass is 9.77. The molecule has 0 aromatic rings. The molecular formula is C16H29NO2. The van der Waals surface area contributed by atoms with E-state index >= 15 is 0 Å². The van der Waals surface area contributed by atoms with Gasteiger partial charge in [-0.15, -0.1) is 0 Å². The van der Waals surface area contributed by atoms with Crippen LogP contribution in [-0.2, 0) is 9.53 Å². The number of hydrogen-bond acceptors (Lipinski definition) is 3. The van der Waals surface area contributed by atoms with Crippen molar-refractivity contribution in [1.82, 2.24) is 4.90 Å². The van der Waals surface area contributed by atoms with Crippen LogP contribution in [0.1, 0.15) is 65.7 Å². The summed E-state index contributed by atoms with van der Waals surface area (Å²) in [5.41, 5.74) is 0.315. The van der Waals surface area contributed by atoms with Gasteiger partial charge in [-0.3, -0.25) is 4.79 Å². The van der Waals surface area contributed by atoms with E-state index in [-0.39, 0.29) is 11.6 Å². The molecule has 2 aliphatic rings. The molecule has 0 aromatic carbocycles. The standard InChI is InChI=1S/C16H29NO2/c1-15(2,3)19-14(18)6-11-17-12-9-16(10-13-17)7-4-5-8-16/h4-13H2,1-3H3. The van der Waals surface area contributed by atoms with Crippen molar-refractivity contribution in [3.63, 3.8) is 0 Å². The second-order valence-electron chi connectivity index (χ2n) is 7.39. The van der Waals surface area contributed by atoms with Crippen LogP contribution >= 0.6 is 0 Å². The fraction of sp³-hybridized carbons (Fsp3) is 0.938. The van der Waals surface area contributed by atoms with Gasteiger partial charge in [0.15, 0.2) is 0 Å². The summed E-state index contributed by atoms with van der Waals surface area (Å²) in [5.74, 6) is -0.0614. The summed E-state index contributed by atoms with van der Waals surface area (Å²) in [7, 11) is 0. The van der Waals surface area contributed by atoms with Crippen molar-refractivity contribution in [2.45, 2.75) is 71.3 Å². The summed E-state index contributed by atoms with van der Waals surface area (Å²) >= 11 is 0. The first-order valence-corrected chi connectivity index (χ1v) is 7.83. The van der Waals surface area contributed by atoms with Crippen LogP contribution < -0.4 is 0 Å². The van der Waals surface area contributed by atoms with Gasteiger partial charge in [-0.25, -0.2) is 0 Å². The van der Waals surface area contributed by atoms with Gasteiger partial charge in [-0.1, -0.05) is 12.8 Å². The van der Waals surface area contributed by atoms with Gasteiger partial charge in [0.2, 0.25) is 0 Å². The highest BCUT2D eigenvalue weighted by Crippen LogP contribution is 2.46. The van der Waals surface area contributed by atoms with Crippen LogP contribution in [0.15, 0.2) is 0 Å². The predicted octanol–water partition coefficient (Wildman–Crippen LogP) is 3.37. The summed E-state index contributed by atoms with van der Waals surface area (Å²) in [6.07, 6.45) is 8.93. The normalized spacial score (nSPS) is 23.7. The highest BCUT2D eigenvalue weighted by Gasteiger charge is 2.36. The zero-order chi connectivity index (χ0) is 13.9. The third-order valence-electron chi connectivity index (χ3n) is 4.63. The predicted molar refractivity (Wildman–Crippen MR) is 77.0 cm³/mol. The topological polar surface area (TPSA) is 29.5 Å². The van der Waals surface area contributed by atoms with E-state index in [0.29, 0.717) is 11.8 Å². The van der Waals surface area contributed by atoms with E-state index in [4.69, 9.17) is 4.74 Å². The Morgan fingerprint density at radius 1 is 1.11 bits per heavy atom. The summed E-state index contributed by atoms with van der Waals surface area (Å²) < 4.78 is 5.36. The lowest BCUT2D eigenvalue weighted by Gasteiger charge is -2.39. The number of nitrogens with zero attached hydrogens (tertiary/aromatic N) is 1. The van der Waals surface area contributed by atoms with Crippen LogP contribution in [0.4, 0.5) is 0 Å². The Hall–Kier alpha value is -0.570. The van der Waals surface area contributed by atoms with Crippen LogP contribution in [0.5, 0.6) is 0 Å². The number of piperidine rings is 1. The molecule has 1 heterocycles. The Labute approximate surface area is 117 Å². The van der Waals surface area contributed by atoms with Crippen LogP contribution in [0.2, 0.25) is 0 Å². The van der Waals surface area contributed by atoms with Crippen molar-refractivity contribution in [2.75, 3.05) is 19.6 Å². The van der Waals surface area contributed by atoms with Gasteiger partial charge in [-0.2, -0.15) is 0 Å². The maximum Gasteiger partial charge on any atom is 0.307 e. The van der Waals surface area contributed by atoms with Crippen molar-refractivity contribution in [3.05, 3.63) is 0 Å². The van der Waals surface area contributed by atoms with E-state index in [1.807, 2.05) is 20.8 Å². The Kier molecular flexibility index (Phi) is 4.54. The fourth-order valence-corrected chi connectivity index (χ4v) is 3.52. The molecule has 3 nitrogen and oxygen atoms in total. The summed E-state index contributed by atoms with van der Waals surface area (Å²) in [4.78, 5) is 14.1. The highest BCUT2D eigenvalue weighted by molar-refractivity contribution is 5.70. The minimum atomic E-state index is -0.354. The van der Waals surface area contributed by atoms with Crippen molar-refractivity contribution < 1.29 is 9.53 Å². The first-order valence-electron chi connectivity index (χ1n) is 7.83. The molecule has 110 valence electrons. The molecule has 1 aliphatic carbocycles. The van der Waals surface area contributed by atoms with E-state index in [2.05, 4.69) is 4.90 Å². The molecule has 1 aliphatic heterocycles. The summed E-state index contributed by atoms with van der Waals surface area (Å²) in [6.45, 7) is 8.98. The van der Waals surface area contributed by atoms with Gasteiger partial charge in [0, 0.05) is 6.54 Å². The molecule has 19 heavy (non-hydrogen) atoms. The maximum absolute atomic E-state index is 11.7. The van der Waals surface area contributed by atoms with Gasteiger partial charge in [0.25, 0.3) is 0 Å². The number of hydrogen-bond donors (Lipinski definition) is 0. The molecule has 1 saturated heterocycles. The number of ether oxygens (including phenoxy) is 1. The van der Waals surface area contributed by atoms with Crippen LogP contribution in [0, 0.1) is 5.41 Å². The molecule has 2 fully saturated rings. The Morgan fingerprint density at radius 3 is 2.21 bits per heavy atom. The van der Waals surface area contributed by atoms with Crippen LogP contribution in [0.25, 0.3) is 0 Å². The summed E-state index contributed by atoms with van der Waals surface area (Å²) in [5, 5.41) is 0. The van der Waals surface area contributed by atoms with E-state index in [1.54, 1.807) is 0 Å². The van der Waals surface area contributed by atoms with E-state index in [1.165, 1.54) is 51.6 Å². The van der Waals surface area contributed by atoms with Gasteiger partial charge in [-0.05, 0) is 65.0 Å². The zero-order valence-electron chi connectivity index (χ0n) is 12.8. The van der Waals surface area contributed by atoms with Gasteiger partial charge >= 0.3 is 5.97 Å². The molecule has 1 saturated carbocycles. The van der Waals surface area contributed by atoms with Crippen molar-refractivity contribution in [3.8, 4) is 0 Å². The largest absolute Gasteiger partial charge is 0.460 e. The second-order valence-corrected chi connectivity index (χ2v) is 7.39. The number of esters is 1. The third-order valence-corrected chi connectivity index (χ3v) is 4.63. The van der Waals surface area contributed by atoms with Crippen LogP contribution in [-0.4, -0.2) is 36.1 Å². The minimum Gasteiger partial charge on any atom is -0.460 e. The Morgan fingerprint density at radius 2 is 1.68 bits per heavy atom. The molecule has 3 heteroatoms. The maximum atomic E-state index is 11.7. The average Bonchev–Trinajstić information content (AvgIpc) is 2.75. The number of carbonyl (C=O) groups is 1. The first kappa shape index (κ1) is 14.8. The molecule has 0 N–H and O–H groups in total. The number of likely N-dealkylation sites (tertiary alicyclic amines) is 1. The second kappa shape index (κ2) is 5.82. The molecular weight excluding hydrogens is 238 g/mol. The van der Waals surface area contributed by atoms with Crippen molar-refractivity contribution in [2.24, 2.45) is 5.41 Å². The lowest BCUT2D eigenvalue weighted by Crippen LogP contribution is -2.40. The third kappa shape index (κ3) is 4.48. The van der Waals surface area contributed by atoms with Crippen molar-refractivity contribution >= 4 is 5.97 Å². The Balaban J connectivity index is 1.67. The van der Waals surface area contributed by atoms with Crippen LogP contribution in [0.3, 0.4) is 0 Å². The van der Waals surface area contributed by atoms with E-state index in [9.17, 15) is 4.79 Å². The summed E-state index contributed by atoms with van der Waals surface area (Å²) in [6, 6.07) is 0. The fourth-order valence-electron chi connectivity index (χ4n) is 3.52. The van der Waals surface area contributed by atoms with Gasteiger partial charge in [0.05, 0.1) is 6.42 Å². The molecule has 0 atom stereocenters. The SMILES string of the molecule is CC(C)(C)OC(=O)CCN1CCC2(CCCC2)CC1. The zero-order valence-corrected chi connectivity index (χ0v) is 12.8. The molecule has 0 radical (unpaired) electrons. The molecule has 1 spiro atoms. The molecule has 0 amide bonds. The molecule has 2 rings (SSSR count). The van der Waals surface area contributed by atoms with Crippen molar-refractivity contribution in [1.29, 1.82) is 0 Å². The Bertz CT molecular complexity index is 303. The highest BCUT2D eigenvalue weighted by atomic mass is 16.6. The van der Waals surface area contributed by atoms with E-state index < -0.39 is 0 Å². The molecule has 0 aromatic heterocycles. The first-order chi connectivity index (χ1) is 8.89. The monoisotopic (exact) mass is 267 g/mol. The minimum absolute atomic E-state index is 0.0614.